The summed E-state index contributed by atoms with van der Waals surface area (Å²) in [4.78, 5) is 22.2. The van der Waals surface area contributed by atoms with Gasteiger partial charge in [-0.2, -0.15) is 0 Å². The Balaban J connectivity index is 2.55. The maximum Gasteiger partial charge on any atom is 0.254 e. The number of carbonyl (C=O) groups is 2. The van der Waals surface area contributed by atoms with Gasteiger partial charge >= 0.3 is 0 Å². The van der Waals surface area contributed by atoms with Gasteiger partial charge in [-0.1, -0.05) is 25.3 Å². The highest BCUT2D eigenvalue weighted by Gasteiger charge is 2.25. The zero-order valence-corrected chi connectivity index (χ0v) is 8.85. The largest absolute Gasteiger partial charge is 0.292 e. The molecule has 0 spiro atoms. The van der Waals surface area contributed by atoms with Gasteiger partial charge in [-0.05, 0) is 19.8 Å². The number of nitrogens with one attached hydrogen (secondary N) is 1. The summed E-state index contributed by atoms with van der Waals surface area (Å²) >= 11 is 0. The molecule has 3 nitrogen and oxygen atoms in total. The monoisotopic (exact) mass is 195 g/mol. The summed E-state index contributed by atoms with van der Waals surface area (Å²) in [5.41, 5.74) is 1.76. The van der Waals surface area contributed by atoms with Crippen LogP contribution in [-0.2, 0) is 9.59 Å². The number of rotatable bonds is 4. The van der Waals surface area contributed by atoms with E-state index in [4.69, 9.17) is 0 Å². The zero-order valence-electron chi connectivity index (χ0n) is 8.85. The Morgan fingerprint density at radius 1 is 1.36 bits per heavy atom. The molecule has 1 aliphatic heterocycles. The quantitative estimate of drug-likeness (QED) is 0.423. The van der Waals surface area contributed by atoms with Crippen LogP contribution in [-0.4, -0.2) is 11.8 Å². The molecular weight excluding hydrogens is 178 g/mol. The van der Waals surface area contributed by atoms with E-state index in [9.17, 15) is 9.59 Å². The first-order valence-electron chi connectivity index (χ1n) is 5.18. The molecule has 14 heavy (non-hydrogen) atoms. The summed E-state index contributed by atoms with van der Waals surface area (Å²) in [7, 11) is 0. The number of hydrogen-bond donors (Lipinski definition) is 1. The minimum Gasteiger partial charge on any atom is -0.292 e. The van der Waals surface area contributed by atoms with E-state index in [1.807, 2.05) is 6.92 Å². The fourth-order valence-corrected chi connectivity index (χ4v) is 1.62. The smallest absolute Gasteiger partial charge is 0.254 e. The van der Waals surface area contributed by atoms with Gasteiger partial charge in [0.15, 0.2) is 0 Å². The molecular formula is C11H17NO2. The highest BCUT2D eigenvalue weighted by atomic mass is 16.2. The molecule has 0 aliphatic carbocycles. The Morgan fingerprint density at radius 2 is 2.07 bits per heavy atom. The van der Waals surface area contributed by atoms with Crippen LogP contribution in [0.4, 0.5) is 0 Å². The van der Waals surface area contributed by atoms with E-state index in [0.29, 0.717) is 5.57 Å². The molecule has 1 rings (SSSR count). The number of carbonyl (C=O) groups excluding carboxylic acids is 2. The van der Waals surface area contributed by atoms with Crippen molar-refractivity contribution in [3.05, 3.63) is 11.1 Å². The van der Waals surface area contributed by atoms with Crippen molar-refractivity contribution in [1.82, 2.24) is 5.32 Å². The van der Waals surface area contributed by atoms with Crippen molar-refractivity contribution < 1.29 is 9.59 Å². The van der Waals surface area contributed by atoms with Gasteiger partial charge in [-0.15, -0.1) is 0 Å². The Kier molecular flexibility index (Phi) is 3.86. The second-order valence-corrected chi connectivity index (χ2v) is 3.77. The summed E-state index contributed by atoms with van der Waals surface area (Å²) in [5.74, 6) is -0.358. The van der Waals surface area contributed by atoms with Crippen LogP contribution in [0.3, 0.4) is 0 Å². The molecule has 2 amide bonds. The molecule has 0 aromatic carbocycles. The van der Waals surface area contributed by atoms with Gasteiger partial charge in [-0.3, -0.25) is 14.9 Å². The first-order chi connectivity index (χ1) is 6.65. The Hall–Kier alpha value is -1.12. The van der Waals surface area contributed by atoms with Crippen molar-refractivity contribution in [2.24, 2.45) is 0 Å². The molecule has 1 N–H and O–H groups in total. The fourth-order valence-electron chi connectivity index (χ4n) is 1.62. The fraction of sp³-hybridized carbons (Fsp3) is 0.636. The SMILES string of the molecule is CCCCCC(C)=C1CC(=O)NC1=O. The van der Waals surface area contributed by atoms with Crippen LogP contribution in [0.2, 0.25) is 0 Å². The highest BCUT2D eigenvalue weighted by molar-refractivity contribution is 6.13. The second kappa shape index (κ2) is 4.94. The van der Waals surface area contributed by atoms with E-state index in [1.165, 1.54) is 12.8 Å². The lowest BCUT2D eigenvalue weighted by molar-refractivity contribution is -0.124. The zero-order chi connectivity index (χ0) is 10.6. The number of imide groups is 1. The van der Waals surface area contributed by atoms with Gasteiger partial charge in [0.25, 0.3) is 5.91 Å². The molecule has 0 bridgehead atoms. The third-order valence-electron chi connectivity index (χ3n) is 2.53. The number of allylic oxidation sites excluding steroid dienone is 1. The van der Waals surface area contributed by atoms with Gasteiger partial charge < -0.3 is 0 Å². The summed E-state index contributed by atoms with van der Waals surface area (Å²) in [5, 5.41) is 2.30. The van der Waals surface area contributed by atoms with E-state index in [1.54, 1.807) is 0 Å². The van der Waals surface area contributed by atoms with Crippen LogP contribution < -0.4 is 5.32 Å². The van der Waals surface area contributed by atoms with Gasteiger partial charge in [0.1, 0.15) is 0 Å². The minimum absolute atomic E-state index is 0.167. The van der Waals surface area contributed by atoms with Gasteiger partial charge in [0, 0.05) is 5.57 Å². The lowest BCUT2D eigenvalue weighted by Crippen LogP contribution is -2.19. The molecule has 1 fully saturated rings. The Bertz CT molecular complexity index is 279. The average molecular weight is 195 g/mol. The normalized spacial score (nSPS) is 19.9. The standard InChI is InChI=1S/C11H17NO2/c1-3-4-5-6-8(2)9-7-10(13)12-11(9)14/h3-7H2,1-2H3,(H,12,13,14). The highest BCUT2D eigenvalue weighted by Crippen LogP contribution is 2.19. The molecule has 0 unspecified atom stereocenters. The molecule has 0 radical (unpaired) electrons. The summed E-state index contributed by atoms with van der Waals surface area (Å²) < 4.78 is 0. The summed E-state index contributed by atoms with van der Waals surface area (Å²) in [6.45, 7) is 4.09. The van der Waals surface area contributed by atoms with Crippen LogP contribution in [0.25, 0.3) is 0 Å². The second-order valence-electron chi connectivity index (χ2n) is 3.77. The first kappa shape index (κ1) is 11.0. The minimum atomic E-state index is -0.191. The molecule has 3 heteroatoms. The van der Waals surface area contributed by atoms with Crippen molar-refractivity contribution in [2.75, 3.05) is 0 Å². The lowest BCUT2D eigenvalue weighted by Gasteiger charge is -2.02. The predicted molar refractivity (Wildman–Crippen MR) is 54.6 cm³/mol. The summed E-state index contributed by atoms with van der Waals surface area (Å²) in [6.07, 6.45) is 4.67. The van der Waals surface area contributed by atoms with Crippen LogP contribution in [0.5, 0.6) is 0 Å². The van der Waals surface area contributed by atoms with Crippen LogP contribution in [0.1, 0.15) is 46.0 Å². The van der Waals surface area contributed by atoms with Crippen LogP contribution >= 0.6 is 0 Å². The van der Waals surface area contributed by atoms with E-state index in [0.717, 1.165) is 18.4 Å². The lowest BCUT2D eigenvalue weighted by atomic mass is 10.0. The van der Waals surface area contributed by atoms with Crippen molar-refractivity contribution >= 4 is 11.8 Å². The summed E-state index contributed by atoms with van der Waals surface area (Å²) in [6, 6.07) is 0. The molecule has 1 aliphatic rings. The molecule has 78 valence electrons. The Morgan fingerprint density at radius 3 is 2.57 bits per heavy atom. The van der Waals surface area contributed by atoms with Crippen molar-refractivity contribution in [3.8, 4) is 0 Å². The van der Waals surface area contributed by atoms with E-state index in [-0.39, 0.29) is 18.2 Å². The third kappa shape index (κ3) is 2.69. The number of hydrogen-bond acceptors (Lipinski definition) is 2. The van der Waals surface area contributed by atoms with Gasteiger partial charge in [-0.25, -0.2) is 0 Å². The van der Waals surface area contributed by atoms with Crippen LogP contribution in [0, 0.1) is 0 Å². The first-order valence-corrected chi connectivity index (χ1v) is 5.18. The molecule has 1 saturated heterocycles. The maximum atomic E-state index is 11.3. The van der Waals surface area contributed by atoms with E-state index < -0.39 is 0 Å². The number of amides is 2. The molecule has 0 saturated carbocycles. The van der Waals surface area contributed by atoms with Crippen molar-refractivity contribution in [1.29, 1.82) is 0 Å². The molecule has 1 heterocycles. The van der Waals surface area contributed by atoms with E-state index in [2.05, 4.69) is 12.2 Å². The van der Waals surface area contributed by atoms with Gasteiger partial charge in [0.05, 0.1) is 6.42 Å². The predicted octanol–water partition coefficient (Wildman–Crippen LogP) is 1.93. The molecule has 0 aromatic heterocycles. The van der Waals surface area contributed by atoms with E-state index >= 15 is 0 Å². The Labute approximate surface area is 84.6 Å². The van der Waals surface area contributed by atoms with Crippen molar-refractivity contribution in [2.45, 2.75) is 46.0 Å². The van der Waals surface area contributed by atoms with Gasteiger partial charge in [0.2, 0.25) is 5.91 Å². The average Bonchev–Trinajstić information content (AvgIpc) is 2.45. The van der Waals surface area contributed by atoms with Crippen LogP contribution in [0.15, 0.2) is 11.1 Å². The number of unbranched alkanes of at least 4 members (excludes halogenated alkanes) is 2. The third-order valence-corrected chi connectivity index (χ3v) is 2.53. The molecule has 0 aromatic rings. The molecule has 0 atom stereocenters. The maximum absolute atomic E-state index is 11.3. The topological polar surface area (TPSA) is 46.2 Å². The van der Waals surface area contributed by atoms with Crippen molar-refractivity contribution in [3.63, 3.8) is 0 Å².